The van der Waals surface area contributed by atoms with Crippen molar-refractivity contribution in [3.63, 3.8) is 0 Å². The third-order valence-corrected chi connectivity index (χ3v) is 2.45. The van der Waals surface area contributed by atoms with Gasteiger partial charge < -0.3 is 9.47 Å². The summed E-state index contributed by atoms with van der Waals surface area (Å²) in [5.41, 5.74) is -0.640. The molecule has 102 valence electrons. The molecule has 0 aromatic carbocycles. The van der Waals surface area contributed by atoms with Crippen LogP contribution in [0.25, 0.3) is 0 Å². The highest BCUT2D eigenvalue weighted by molar-refractivity contribution is 5.90. The Labute approximate surface area is 106 Å². The van der Waals surface area contributed by atoms with Crippen molar-refractivity contribution in [2.45, 2.75) is 39.7 Å². The van der Waals surface area contributed by atoms with Gasteiger partial charge in [-0.25, -0.2) is 9.59 Å². The number of hydrogen-bond acceptors (Lipinski definition) is 5. The summed E-state index contributed by atoms with van der Waals surface area (Å²) >= 11 is 0. The van der Waals surface area contributed by atoms with E-state index in [1.807, 2.05) is 0 Å². The molecule has 1 atom stereocenters. The number of nitrogens with zero attached hydrogens (tertiary/aromatic N) is 1. The van der Waals surface area contributed by atoms with Crippen molar-refractivity contribution < 1.29 is 23.9 Å². The average molecular weight is 257 g/mol. The molecular weight excluding hydrogens is 238 g/mol. The predicted molar refractivity (Wildman–Crippen MR) is 62.7 cm³/mol. The van der Waals surface area contributed by atoms with Crippen molar-refractivity contribution in [3.8, 4) is 0 Å². The largest absolute Gasteiger partial charge is 0.444 e. The van der Waals surface area contributed by atoms with Gasteiger partial charge in [-0.3, -0.25) is 9.69 Å². The fourth-order valence-corrected chi connectivity index (χ4v) is 1.55. The van der Waals surface area contributed by atoms with Crippen LogP contribution in [0.3, 0.4) is 0 Å². The molecule has 1 rings (SSSR count). The van der Waals surface area contributed by atoms with Crippen LogP contribution in [0.2, 0.25) is 0 Å². The molecule has 0 N–H and O–H groups in total. The van der Waals surface area contributed by atoms with Gasteiger partial charge in [0, 0.05) is 6.54 Å². The zero-order valence-corrected chi connectivity index (χ0v) is 11.2. The lowest BCUT2D eigenvalue weighted by atomic mass is 10.1. The number of esters is 2. The molecule has 1 heterocycles. The molecule has 18 heavy (non-hydrogen) atoms. The summed E-state index contributed by atoms with van der Waals surface area (Å²) in [5.74, 6) is -1.78. The van der Waals surface area contributed by atoms with Gasteiger partial charge in [0.1, 0.15) is 12.1 Å². The Morgan fingerprint density at radius 2 is 2.06 bits per heavy atom. The van der Waals surface area contributed by atoms with E-state index in [4.69, 9.17) is 4.74 Å². The number of cyclic esters (lactones) is 2. The maximum atomic E-state index is 11.9. The molecule has 0 spiro atoms. The molecule has 6 nitrogen and oxygen atoms in total. The van der Waals surface area contributed by atoms with Crippen LogP contribution in [-0.4, -0.2) is 41.6 Å². The van der Waals surface area contributed by atoms with Crippen LogP contribution in [0, 0.1) is 5.92 Å². The molecule has 1 saturated heterocycles. The molecule has 1 fully saturated rings. The van der Waals surface area contributed by atoms with Gasteiger partial charge in [0.2, 0.25) is 0 Å². The van der Waals surface area contributed by atoms with E-state index in [0.717, 1.165) is 0 Å². The number of carbonyl (C=O) groups excluding carboxylic acids is 3. The van der Waals surface area contributed by atoms with E-state index in [-0.39, 0.29) is 13.1 Å². The van der Waals surface area contributed by atoms with Crippen molar-refractivity contribution in [1.29, 1.82) is 0 Å². The standard InChI is InChI=1S/C12H19NO5/c1-5-8-6-13(7-9(14)17-10(8)15)11(16)18-12(2,3)4/h8H,5-7H2,1-4H3/t8-/m1/s1. The molecule has 0 radical (unpaired) electrons. The fraction of sp³-hybridized carbons (Fsp3) is 0.750. The smallest absolute Gasteiger partial charge is 0.410 e. The Morgan fingerprint density at radius 1 is 1.44 bits per heavy atom. The molecule has 1 amide bonds. The Balaban J connectivity index is 2.78. The first kappa shape index (κ1) is 14.5. The summed E-state index contributed by atoms with van der Waals surface area (Å²) in [7, 11) is 0. The molecule has 1 aliphatic rings. The van der Waals surface area contributed by atoms with Gasteiger partial charge >= 0.3 is 18.0 Å². The zero-order chi connectivity index (χ0) is 13.9. The van der Waals surface area contributed by atoms with Gasteiger partial charge in [0.05, 0.1) is 5.92 Å². The Hall–Kier alpha value is -1.59. The predicted octanol–water partition coefficient (Wildman–Crippen LogP) is 1.33. The third kappa shape index (κ3) is 4.01. The molecule has 0 aromatic rings. The minimum Gasteiger partial charge on any atom is -0.444 e. The topological polar surface area (TPSA) is 72.9 Å². The van der Waals surface area contributed by atoms with Crippen molar-refractivity contribution in [2.75, 3.05) is 13.1 Å². The summed E-state index contributed by atoms with van der Waals surface area (Å²) in [5, 5.41) is 0. The lowest BCUT2D eigenvalue weighted by Gasteiger charge is -2.26. The molecule has 6 heteroatoms. The molecular formula is C12H19NO5. The average Bonchev–Trinajstić information content (AvgIpc) is 2.34. The van der Waals surface area contributed by atoms with E-state index in [9.17, 15) is 14.4 Å². The van der Waals surface area contributed by atoms with Crippen LogP contribution < -0.4 is 0 Å². The van der Waals surface area contributed by atoms with E-state index in [0.29, 0.717) is 6.42 Å². The summed E-state index contributed by atoms with van der Waals surface area (Å²) in [4.78, 5) is 35.9. The lowest BCUT2D eigenvalue weighted by Crippen LogP contribution is -2.41. The normalized spacial score (nSPS) is 21.3. The number of ether oxygens (including phenoxy) is 2. The van der Waals surface area contributed by atoms with Crippen molar-refractivity contribution in [3.05, 3.63) is 0 Å². The van der Waals surface area contributed by atoms with Gasteiger partial charge in [-0.15, -0.1) is 0 Å². The van der Waals surface area contributed by atoms with Gasteiger partial charge in [0.25, 0.3) is 0 Å². The monoisotopic (exact) mass is 257 g/mol. The molecule has 0 saturated carbocycles. The number of carbonyl (C=O) groups is 3. The second-order valence-corrected chi connectivity index (χ2v) is 5.26. The number of hydrogen-bond donors (Lipinski definition) is 0. The van der Waals surface area contributed by atoms with Gasteiger partial charge in [-0.2, -0.15) is 0 Å². The van der Waals surface area contributed by atoms with E-state index >= 15 is 0 Å². The molecule has 1 aliphatic heterocycles. The van der Waals surface area contributed by atoms with Crippen LogP contribution in [0.15, 0.2) is 0 Å². The Kier molecular flexibility index (Phi) is 4.32. The molecule has 0 aromatic heterocycles. The van der Waals surface area contributed by atoms with Crippen LogP contribution >= 0.6 is 0 Å². The fourth-order valence-electron chi connectivity index (χ4n) is 1.55. The Bertz CT molecular complexity index is 358. The highest BCUT2D eigenvalue weighted by Crippen LogP contribution is 2.16. The van der Waals surface area contributed by atoms with E-state index in [1.54, 1.807) is 27.7 Å². The quantitative estimate of drug-likeness (QED) is 0.523. The van der Waals surface area contributed by atoms with E-state index in [1.165, 1.54) is 4.90 Å². The first-order valence-corrected chi connectivity index (χ1v) is 5.95. The van der Waals surface area contributed by atoms with Crippen molar-refractivity contribution >= 4 is 18.0 Å². The lowest BCUT2D eigenvalue weighted by molar-refractivity contribution is -0.160. The summed E-state index contributed by atoms with van der Waals surface area (Å²) < 4.78 is 9.77. The van der Waals surface area contributed by atoms with Crippen LogP contribution in [0.4, 0.5) is 4.79 Å². The minimum absolute atomic E-state index is 0.149. The van der Waals surface area contributed by atoms with Crippen LogP contribution in [0.5, 0.6) is 0 Å². The van der Waals surface area contributed by atoms with Crippen LogP contribution in [-0.2, 0) is 19.1 Å². The van der Waals surface area contributed by atoms with Gasteiger partial charge in [-0.05, 0) is 27.2 Å². The van der Waals surface area contributed by atoms with E-state index in [2.05, 4.69) is 4.74 Å². The van der Waals surface area contributed by atoms with Crippen molar-refractivity contribution in [2.24, 2.45) is 5.92 Å². The second kappa shape index (κ2) is 5.37. The maximum absolute atomic E-state index is 11.9. The summed E-state index contributed by atoms with van der Waals surface area (Å²) in [6.45, 7) is 6.92. The van der Waals surface area contributed by atoms with Crippen molar-refractivity contribution in [1.82, 2.24) is 4.90 Å². The highest BCUT2D eigenvalue weighted by atomic mass is 16.6. The summed E-state index contributed by atoms with van der Waals surface area (Å²) in [6, 6.07) is 0. The third-order valence-electron chi connectivity index (χ3n) is 2.45. The maximum Gasteiger partial charge on any atom is 0.410 e. The minimum atomic E-state index is -0.721. The van der Waals surface area contributed by atoms with Gasteiger partial charge in [-0.1, -0.05) is 6.92 Å². The van der Waals surface area contributed by atoms with E-state index < -0.39 is 29.6 Å². The molecule has 0 bridgehead atoms. The first-order chi connectivity index (χ1) is 8.23. The Morgan fingerprint density at radius 3 is 2.56 bits per heavy atom. The summed E-state index contributed by atoms with van der Waals surface area (Å²) in [6.07, 6.45) is -0.0987. The van der Waals surface area contributed by atoms with Crippen LogP contribution in [0.1, 0.15) is 34.1 Å². The SMILES string of the molecule is CC[C@@H]1CN(C(=O)OC(C)(C)C)CC(=O)OC1=O. The first-order valence-electron chi connectivity index (χ1n) is 5.95. The van der Waals surface area contributed by atoms with Gasteiger partial charge in [0.15, 0.2) is 0 Å². The molecule has 0 unspecified atom stereocenters. The zero-order valence-electron chi connectivity index (χ0n) is 11.2. The highest BCUT2D eigenvalue weighted by Gasteiger charge is 2.33. The second-order valence-electron chi connectivity index (χ2n) is 5.26. The number of amides is 1. The molecule has 0 aliphatic carbocycles. The number of rotatable bonds is 1.